The minimum Gasteiger partial charge on any atom is -0.272 e. The van der Waals surface area contributed by atoms with Gasteiger partial charge in [-0.3, -0.25) is 14.9 Å². The van der Waals surface area contributed by atoms with Gasteiger partial charge in [-0.1, -0.05) is 41.9 Å². The summed E-state index contributed by atoms with van der Waals surface area (Å²) in [7, 11) is -3.97. The molecule has 0 aliphatic heterocycles. The number of carbonyl (C=O) groups excluding carboxylic acids is 1. The van der Waals surface area contributed by atoms with Crippen molar-refractivity contribution in [2.24, 2.45) is 5.10 Å². The lowest BCUT2D eigenvalue weighted by Gasteiger charge is -2.21. The summed E-state index contributed by atoms with van der Waals surface area (Å²) in [5, 5.41) is 15.0. The maximum absolute atomic E-state index is 13.1. The van der Waals surface area contributed by atoms with Crippen LogP contribution in [0, 0.1) is 10.1 Å². The van der Waals surface area contributed by atoms with E-state index in [0.29, 0.717) is 16.1 Å². The van der Waals surface area contributed by atoms with Crippen molar-refractivity contribution in [2.45, 2.75) is 11.4 Å². The molecule has 0 spiro atoms. The van der Waals surface area contributed by atoms with Gasteiger partial charge in [0, 0.05) is 23.7 Å². The van der Waals surface area contributed by atoms with E-state index in [0.717, 1.165) is 4.31 Å². The second-order valence-corrected chi connectivity index (χ2v) is 9.23. The molecule has 0 radical (unpaired) electrons. The van der Waals surface area contributed by atoms with Crippen molar-refractivity contribution in [1.82, 2.24) is 9.73 Å². The lowest BCUT2D eigenvalue weighted by molar-refractivity contribution is -0.384. The van der Waals surface area contributed by atoms with Crippen LogP contribution in [0.1, 0.15) is 11.1 Å². The molecule has 0 saturated carbocycles. The average Bonchev–Trinajstić information content (AvgIpc) is 2.81. The van der Waals surface area contributed by atoms with E-state index < -0.39 is 27.4 Å². The Morgan fingerprint density at radius 1 is 1.03 bits per heavy atom. The number of sulfonamides is 1. The molecule has 0 atom stereocenters. The first kappa shape index (κ1) is 24.1. The summed E-state index contributed by atoms with van der Waals surface area (Å²) < 4.78 is 27.3. The van der Waals surface area contributed by atoms with Crippen molar-refractivity contribution in [3.63, 3.8) is 0 Å². The summed E-state index contributed by atoms with van der Waals surface area (Å²) >= 11 is 5.91. The van der Waals surface area contributed by atoms with Gasteiger partial charge in [0.05, 0.1) is 22.6 Å². The fraction of sp³-hybridized carbons (Fsp3) is 0.0909. The molecule has 33 heavy (non-hydrogen) atoms. The number of benzene rings is 3. The minimum absolute atomic E-state index is 0.0477. The van der Waals surface area contributed by atoms with Crippen LogP contribution < -0.4 is 5.43 Å². The third-order valence-corrected chi connectivity index (χ3v) is 6.54. The number of non-ortho nitro benzene ring substituents is 1. The van der Waals surface area contributed by atoms with Crippen molar-refractivity contribution < 1.29 is 18.1 Å². The Balaban J connectivity index is 1.74. The predicted molar refractivity (Wildman–Crippen MR) is 124 cm³/mol. The van der Waals surface area contributed by atoms with E-state index in [2.05, 4.69) is 10.5 Å². The topological polar surface area (TPSA) is 122 Å². The van der Waals surface area contributed by atoms with Crippen LogP contribution >= 0.6 is 11.6 Å². The van der Waals surface area contributed by atoms with E-state index in [9.17, 15) is 23.3 Å². The molecule has 0 saturated heterocycles. The van der Waals surface area contributed by atoms with E-state index in [1.165, 1.54) is 42.6 Å². The van der Waals surface area contributed by atoms with Crippen molar-refractivity contribution in [3.05, 3.63) is 105 Å². The zero-order chi connectivity index (χ0) is 23.8. The van der Waals surface area contributed by atoms with Gasteiger partial charge in [0.1, 0.15) is 0 Å². The molecule has 1 N–H and O–H groups in total. The van der Waals surface area contributed by atoms with Gasteiger partial charge in [-0.25, -0.2) is 13.8 Å². The van der Waals surface area contributed by atoms with Crippen molar-refractivity contribution >= 4 is 39.4 Å². The summed E-state index contributed by atoms with van der Waals surface area (Å²) in [4.78, 5) is 22.7. The van der Waals surface area contributed by atoms with Gasteiger partial charge in [0.2, 0.25) is 10.0 Å². The Morgan fingerprint density at radius 2 is 1.67 bits per heavy atom. The van der Waals surface area contributed by atoms with Gasteiger partial charge in [-0.15, -0.1) is 0 Å². The normalized spacial score (nSPS) is 11.6. The number of halogens is 1. The highest BCUT2D eigenvalue weighted by Crippen LogP contribution is 2.19. The minimum atomic E-state index is -3.97. The zero-order valence-corrected chi connectivity index (χ0v) is 18.7. The first-order chi connectivity index (χ1) is 15.8. The number of rotatable bonds is 9. The van der Waals surface area contributed by atoms with Gasteiger partial charge >= 0.3 is 0 Å². The predicted octanol–water partition coefficient (Wildman–Crippen LogP) is 3.59. The van der Waals surface area contributed by atoms with E-state index in [4.69, 9.17) is 11.6 Å². The van der Waals surface area contributed by atoms with Gasteiger partial charge < -0.3 is 0 Å². The molecule has 1 amide bonds. The second kappa shape index (κ2) is 10.8. The monoisotopic (exact) mass is 486 g/mol. The van der Waals surface area contributed by atoms with Crippen LogP contribution in [0.3, 0.4) is 0 Å². The Labute approximate surface area is 195 Å². The number of hydrogen-bond donors (Lipinski definition) is 1. The molecule has 11 heteroatoms. The molecule has 0 unspecified atom stereocenters. The maximum Gasteiger partial charge on any atom is 0.269 e. The molecule has 0 aliphatic rings. The quantitative estimate of drug-likeness (QED) is 0.281. The second-order valence-electron chi connectivity index (χ2n) is 6.85. The molecular weight excluding hydrogens is 468 g/mol. The highest BCUT2D eigenvalue weighted by atomic mass is 35.5. The SMILES string of the molecule is O=C(CN(Cc1ccc(Cl)cc1)S(=O)(=O)c1ccccc1)NN=Cc1ccc([N+](=O)[O-])cc1. The molecule has 0 aromatic heterocycles. The van der Waals surface area contributed by atoms with Crippen LogP contribution in [0.25, 0.3) is 0 Å². The van der Waals surface area contributed by atoms with E-state index in [-0.39, 0.29) is 17.1 Å². The van der Waals surface area contributed by atoms with E-state index >= 15 is 0 Å². The standard InChI is InChI=1S/C22H19ClN4O5S/c23-19-10-6-18(7-11-19)15-26(33(31,32)21-4-2-1-3-5-21)16-22(28)25-24-14-17-8-12-20(13-9-17)27(29)30/h1-14H,15-16H2,(H,25,28). The van der Waals surface area contributed by atoms with Crippen LogP contribution in [-0.4, -0.2) is 36.3 Å². The number of amides is 1. The molecule has 0 aliphatic carbocycles. The number of hydrazone groups is 1. The molecule has 0 heterocycles. The molecule has 3 rings (SSSR count). The van der Waals surface area contributed by atoms with Crippen molar-refractivity contribution in [3.8, 4) is 0 Å². The number of carbonyl (C=O) groups is 1. The highest BCUT2D eigenvalue weighted by molar-refractivity contribution is 7.89. The molecule has 3 aromatic rings. The number of nitro benzene ring substituents is 1. The first-order valence-electron chi connectivity index (χ1n) is 9.62. The summed E-state index contributed by atoms with van der Waals surface area (Å²) in [5.41, 5.74) is 3.40. The average molecular weight is 487 g/mol. The smallest absolute Gasteiger partial charge is 0.269 e. The highest BCUT2D eigenvalue weighted by Gasteiger charge is 2.26. The molecule has 3 aromatic carbocycles. The Hall–Kier alpha value is -3.60. The fourth-order valence-electron chi connectivity index (χ4n) is 2.82. The van der Waals surface area contributed by atoms with Gasteiger partial charge in [0.15, 0.2) is 0 Å². The largest absolute Gasteiger partial charge is 0.272 e. The Kier molecular flexibility index (Phi) is 7.88. The first-order valence-corrected chi connectivity index (χ1v) is 11.4. The zero-order valence-electron chi connectivity index (χ0n) is 17.2. The number of nitrogens with one attached hydrogen (secondary N) is 1. The Bertz CT molecular complexity index is 1250. The Morgan fingerprint density at radius 3 is 2.27 bits per heavy atom. The van der Waals surface area contributed by atoms with E-state index in [1.54, 1.807) is 42.5 Å². The number of hydrogen-bond acceptors (Lipinski definition) is 6. The van der Waals surface area contributed by atoms with Crippen LogP contribution in [0.4, 0.5) is 5.69 Å². The third-order valence-electron chi connectivity index (χ3n) is 4.48. The summed E-state index contributed by atoms with van der Waals surface area (Å²) in [5.74, 6) is -0.651. The van der Waals surface area contributed by atoms with Gasteiger partial charge in [-0.05, 0) is 47.5 Å². The van der Waals surface area contributed by atoms with Gasteiger partial charge in [-0.2, -0.15) is 9.41 Å². The third kappa shape index (κ3) is 6.69. The number of nitro groups is 1. The van der Waals surface area contributed by atoms with Crippen LogP contribution in [-0.2, 0) is 21.4 Å². The lowest BCUT2D eigenvalue weighted by atomic mass is 10.2. The molecule has 0 bridgehead atoms. The van der Waals surface area contributed by atoms with Crippen molar-refractivity contribution in [1.29, 1.82) is 0 Å². The maximum atomic E-state index is 13.1. The molecular formula is C22H19ClN4O5S. The van der Waals surface area contributed by atoms with Crippen LogP contribution in [0.2, 0.25) is 5.02 Å². The molecule has 0 fully saturated rings. The fourth-order valence-corrected chi connectivity index (χ4v) is 4.35. The molecule has 170 valence electrons. The van der Waals surface area contributed by atoms with Crippen molar-refractivity contribution in [2.75, 3.05) is 6.54 Å². The summed E-state index contributed by atoms with van der Waals surface area (Å²) in [6, 6.07) is 20.0. The molecule has 9 nitrogen and oxygen atoms in total. The van der Waals surface area contributed by atoms with Crippen LogP contribution in [0.15, 0.2) is 88.9 Å². The number of nitrogens with zero attached hydrogens (tertiary/aromatic N) is 3. The summed E-state index contributed by atoms with van der Waals surface area (Å²) in [6.07, 6.45) is 1.30. The van der Waals surface area contributed by atoms with Gasteiger partial charge in [0.25, 0.3) is 11.6 Å². The van der Waals surface area contributed by atoms with E-state index in [1.807, 2.05) is 0 Å². The summed E-state index contributed by atoms with van der Waals surface area (Å²) in [6.45, 7) is -0.522. The lowest BCUT2D eigenvalue weighted by Crippen LogP contribution is -2.39. The van der Waals surface area contributed by atoms with Crippen LogP contribution in [0.5, 0.6) is 0 Å².